The van der Waals surface area contributed by atoms with E-state index in [-0.39, 0.29) is 6.54 Å². The van der Waals surface area contributed by atoms with Gasteiger partial charge in [0.05, 0.1) is 17.3 Å². The molecule has 0 fully saturated rings. The molecule has 0 unspecified atom stereocenters. The molecule has 21 heavy (non-hydrogen) atoms. The summed E-state index contributed by atoms with van der Waals surface area (Å²) in [6.45, 7) is 2.04. The van der Waals surface area contributed by atoms with Crippen molar-refractivity contribution in [2.24, 2.45) is 0 Å². The lowest BCUT2D eigenvalue weighted by Crippen LogP contribution is -2.11. The number of carboxylic acids is 1. The van der Waals surface area contributed by atoms with Crippen LogP contribution in [0.1, 0.15) is 6.92 Å². The fourth-order valence-corrected chi connectivity index (χ4v) is 2.53. The van der Waals surface area contributed by atoms with Crippen LogP contribution in [-0.2, 0) is 11.3 Å². The molecule has 2 aromatic rings. The fourth-order valence-electron chi connectivity index (χ4n) is 1.70. The fraction of sp³-hybridized carbons (Fsp3) is 0.333. The number of rotatable bonds is 6. The predicted octanol–water partition coefficient (Wildman–Crippen LogP) is 1.44. The van der Waals surface area contributed by atoms with Crippen LogP contribution < -0.4 is 9.47 Å². The topological polar surface area (TPSA) is 99.4 Å². The van der Waals surface area contributed by atoms with Crippen LogP contribution in [0.25, 0.3) is 11.4 Å². The summed E-state index contributed by atoms with van der Waals surface area (Å²) >= 11 is 2.12. The highest BCUT2D eigenvalue weighted by molar-refractivity contribution is 14.1. The molecule has 0 amide bonds. The molecule has 112 valence electrons. The number of carbonyl (C=O) groups is 1. The largest absolute Gasteiger partial charge is 0.492 e. The predicted molar refractivity (Wildman–Crippen MR) is 81.3 cm³/mol. The number of carboxylic acid groups (broad SMARTS) is 1. The lowest BCUT2D eigenvalue weighted by atomic mass is 10.2. The Morgan fingerprint density at radius 3 is 2.86 bits per heavy atom. The smallest absolute Gasteiger partial charge is 0.327 e. The summed E-state index contributed by atoms with van der Waals surface area (Å²) in [5, 5.41) is 20.3. The number of nitrogens with zero attached hydrogens (tertiary/aromatic N) is 4. The SMILES string of the molecule is CCOc1cc(-c2nnn(CC(=O)O)n2)cc(I)c1OC. The van der Waals surface area contributed by atoms with Gasteiger partial charge in [-0.1, -0.05) is 0 Å². The molecule has 0 saturated carbocycles. The van der Waals surface area contributed by atoms with Crippen LogP contribution in [0.3, 0.4) is 0 Å². The van der Waals surface area contributed by atoms with Crippen LogP contribution in [0.5, 0.6) is 11.5 Å². The number of ether oxygens (including phenoxy) is 2. The van der Waals surface area contributed by atoms with Crippen molar-refractivity contribution in [3.05, 3.63) is 15.7 Å². The second-order valence-electron chi connectivity index (χ2n) is 3.96. The summed E-state index contributed by atoms with van der Waals surface area (Å²) in [5.41, 5.74) is 0.681. The van der Waals surface area contributed by atoms with Crippen molar-refractivity contribution in [1.82, 2.24) is 20.2 Å². The lowest BCUT2D eigenvalue weighted by molar-refractivity contribution is -0.138. The first-order valence-corrected chi connectivity index (χ1v) is 7.13. The summed E-state index contributed by atoms with van der Waals surface area (Å²) in [6.07, 6.45) is 0. The van der Waals surface area contributed by atoms with E-state index in [9.17, 15) is 4.79 Å². The van der Waals surface area contributed by atoms with Crippen molar-refractivity contribution < 1.29 is 19.4 Å². The third kappa shape index (κ3) is 3.60. The molecule has 1 heterocycles. The zero-order chi connectivity index (χ0) is 15.4. The molecule has 0 aliphatic rings. The van der Waals surface area contributed by atoms with Gasteiger partial charge >= 0.3 is 5.97 Å². The zero-order valence-electron chi connectivity index (χ0n) is 11.4. The standard InChI is InChI=1S/C12H13IN4O4/c1-3-21-9-5-7(4-8(13)11(9)20-2)12-14-16-17(15-12)6-10(18)19/h4-5H,3,6H2,1-2H3,(H,18,19). The first kappa shape index (κ1) is 15.5. The van der Waals surface area contributed by atoms with Crippen LogP contribution in [0.2, 0.25) is 0 Å². The average Bonchev–Trinajstić information content (AvgIpc) is 2.86. The number of aliphatic carboxylic acids is 1. The van der Waals surface area contributed by atoms with Gasteiger partial charge in [-0.25, -0.2) is 0 Å². The summed E-state index contributed by atoms with van der Waals surface area (Å²) < 4.78 is 11.7. The van der Waals surface area contributed by atoms with Crippen molar-refractivity contribution in [2.75, 3.05) is 13.7 Å². The number of benzene rings is 1. The molecule has 0 aliphatic heterocycles. The van der Waals surface area contributed by atoms with Gasteiger partial charge in [0.2, 0.25) is 5.82 Å². The molecule has 0 atom stereocenters. The van der Waals surface area contributed by atoms with Gasteiger partial charge in [0.25, 0.3) is 0 Å². The zero-order valence-corrected chi connectivity index (χ0v) is 13.6. The van der Waals surface area contributed by atoms with Gasteiger partial charge in [0.15, 0.2) is 18.0 Å². The maximum absolute atomic E-state index is 10.6. The van der Waals surface area contributed by atoms with Gasteiger partial charge < -0.3 is 14.6 Å². The number of tetrazole rings is 1. The van der Waals surface area contributed by atoms with Gasteiger partial charge in [0, 0.05) is 5.56 Å². The monoisotopic (exact) mass is 404 g/mol. The Kier molecular flexibility index (Phi) is 4.94. The highest BCUT2D eigenvalue weighted by atomic mass is 127. The van der Waals surface area contributed by atoms with E-state index in [0.29, 0.717) is 29.5 Å². The number of hydrogen-bond acceptors (Lipinski definition) is 6. The average molecular weight is 404 g/mol. The van der Waals surface area contributed by atoms with E-state index < -0.39 is 5.97 Å². The number of halogens is 1. The Morgan fingerprint density at radius 1 is 1.48 bits per heavy atom. The van der Waals surface area contributed by atoms with Crippen LogP contribution in [0, 0.1) is 3.57 Å². The number of methoxy groups -OCH3 is 1. The van der Waals surface area contributed by atoms with Gasteiger partial charge in [-0.2, -0.15) is 4.80 Å². The second-order valence-corrected chi connectivity index (χ2v) is 5.12. The van der Waals surface area contributed by atoms with Crippen LogP contribution in [0.4, 0.5) is 0 Å². The van der Waals surface area contributed by atoms with Gasteiger partial charge in [-0.05, 0) is 46.9 Å². The lowest BCUT2D eigenvalue weighted by Gasteiger charge is -2.12. The third-order valence-electron chi connectivity index (χ3n) is 2.50. The maximum atomic E-state index is 10.6. The molecule has 0 bridgehead atoms. The van der Waals surface area contributed by atoms with Crippen LogP contribution in [0.15, 0.2) is 12.1 Å². The number of aromatic nitrogens is 4. The van der Waals surface area contributed by atoms with E-state index in [1.807, 2.05) is 13.0 Å². The molecule has 0 aliphatic carbocycles. The Bertz CT molecular complexity index is 659. The first-order chi connectivity index (χ1) is 10.0. The normalized spacial score (nSPS) is 10.4. The quantitative estimate of drug-likeness (QED) is 0.728. The third-order valence-corrected chi connectivity index (χ3v) is 3.30. The molecule has 0 radical (unpaired) electrons. The van der Waals surface area contributed by atoms with Gasteiger partial charge in [-0.15, -0.1) is 10.2 Å². The maximum Gasteiger partial charge on any atom is 0.327 e. The van der Waals surface area contributed by atoms with Crippen LogP contribution in [-0.4, -0.2) is 45.0 Å². The highest BCUT2D eigenvalue weighted by Gasteiger charge is 2.15. The van der Waals surface area contributed by atoms with E-state index in [4.69, 9.17) is 14.6 Å². The van der Waals surface area contributed by atoms with E-state index in [2.05, 4.69) is 38.0 Å². The minimum atomic E-state index is -1.03. The Balaban J connectivity index is 2.39. The summed E-state index contributed by atoms with van der Waals surface area (Å²) in [5.74, 6) is 0.520. The minimum Gasteiger partial charge on any atom is -0.492 e. The van der Waals surface area contributed by atoms with E-state index in [1.54, 1.807) is 13.2 Å². The summed E-state index contributed by atoms with van der Waals surface area (Å²) in [7, 11) is 1.57. The molecular weight excluding hydrogens is 391 g/mol. The van der Waals surface area contributed by atoms with Crippen molar-refractivity contribution in [2.45, 2.75) is 13.5 Å². The highest BCUT2D eigenvalue weighted by Crippen LogP contribution is 2.36. The molecule has 1 aromatic carbocycles. The van der Waals surface area contributed by atoms with E-state index >= 15 is 0 Å². The first-order valence-electron chi connectivity index (χ1n) is 6.05. The molecular formula is C12H13IN4O4. The van der Waals surface area contributed by atoms with Crippen LogP contribution >= 0.6 is 22.6 Å². The Hall–Kier alpha value is -1.91. The molecule has 1 N–H and O–H groups in total. The van der Waals surface area contributed by atoms with Gasteiger partial charge in [0.1, 0.15) is 0 Å². The van der Waals surface area contributed by atoms with Crippen molar-refractivity contribution in [3.8, 4) is 22.9 Å². The molecule has 0 saturated heterocycles. The second kappa shape index (κ2) is 6.70. The summed E-state index contributed by atoms with van der Waals surface area (Å²) in [6, 6.07) is 3.57. The van der Waals surface area contributed by atoms with E-state index in [1.165, 1.54) is 0 Å². The Morgan fingerprint density at radius 2 is 2.24 bits per heavy atom. The molecule has 8 nitrogen and oxygen atoms in total. The Labute approximate surface area is 134 Å². The minimum absolute atomic E-state index is 0.331. The van der Waals surface area contributed by atoms with Crippen molar-refractivity contribution >= 4 is 28.6 Å². The molecule has 2 rings (SSSR count). The summed E-state index contributed by atoms with van der Waals surface area (Å²) in [4.78, 5) is 11.6. The molecule has 0 spiro atoms. The molecule has 9 heteroatoms. The van der Waals surface area contributed by atoms with E-state index in [0.717, 1.165) is 8.37 Å². The molecule has 1 aromatic heterocycles. The van der Waals surface area contributed by atoms with Crippen molar-refractivity contribution in [1.29, 1.82) is 0 Å². The van der Waals surface area contributed by atoms with Crippen molar-refractivity contribution in [3.63, 3.8) is 0 Å². The van der Waals surface area contributed by atoms with Gasteiger partial charge in [-0.3, -0.25) is 4.79 Å². The number of hydrogen-bond donors (Lipinski definition) is 1.